The average molecular weight is 488 g/mol. The second kappa shape index (κ2) is 11.4. The lowest BCUT2D eigenvalue weighted by Crippen LogP contribution is -2.39. The fraction of sp³-hybridized carbons (Fsp3) is 0.417. The minimum Gasteiger partial charge on any atom is -0.463 e. The van der Waals surface area contributed by atoms with E-state index in [1.165, 1.54) is 0 Å². The Kier molecular flexibility index (Phi) is 8.34. The van der Waals surface area contributed by atoms with Gasteiger partial charge in [-0.25, -0.2) is 9.59 Å². The van der Waals surface area contributed by atoms with E-state index >= 15 is 0 Å². The van der Waals surface area contributed by atoms with Crippen molar-refractivity contribution in [1.82, 2.24) is 10.6 Å². The lowest BCUT2D eigenvalue weighted by Gasteiger charge is -2.28. The molecule has 11 heteroatoms. The van der Waals surface area contributed by atoms with Crippen molar-refractivity contribution < 1.29 is 42.9 Å². The standard InChI is InChI=1S/C24H28N2O9/c1-5-31-22(28)19-13(3)26-14(4)20(23(29)32-6-2)21(19)24(30)33-11-18(27)25-10-15-7-8-16-17(9-15)35-12-34-16/h7-9,21,26H,5-6,10-12H2,1-4H3,(H,25,27). The number of rotatable bonds is 9. The van der Waals surface area contributed by atoms with E-state index < -0.39 is 36.3 Å². The quantitative estimate of drug-likeness (QED) is 0.388. The number of dihydropyridines is 1. The fourth-order valence-electron chi connectivity index (χ4n) is 3.71. The minimum absolute atomic E-state index is 0.0665. The predicted molar refractivity (Wildman–Crippen MR) is 121 cm³/mol. The molecular formula is C24H28N2O9. The Hall–Kier alpha value is -4.02. The van der Waals surface area contributed by atoms with Gasteiger partial charge in [-0.1, -0.05) is 6.07 Å². The first-order chi connectivity index (χ1) is 16.8. The molecule has 0 saturated heterocycles. The van der Waals surface area contributed by atoms with Crippen molar-refractivity contribution in [2.75, 3.05) is 26.6 Å². The molecule has 0 aliphatic carbocycles. The zero-order chi connectivity index (χ0) is 25.5. The lowest BCUT2D eigenvalue weighted by atomic mass is 9.85. The third-order valence-corrected chi connectivity index (χ3v) is 5.26. The van der Waals surface area contributed by atoms with Crippen LogP contribution in [-0.2, 0) is 39.9 Å². The molecule has 3 rings (SSSR count). The van der Waals surface area contributed by atoms with E-state index in [9.17, 15) is 19.2 Å². The molecule has 1 amide bonds. The summed E-state index contributed by atoms with van der Waals surface area (Å²) in [4.78, 5) is 50.7. The third-order valence-electron chi connectivity index (χ3n) is 5.26. The van der Waals surface area contributed by atoms with Gasteiger partial charge < -0.3 is 34.3 Å². The average Bonchev–Trinajstić information content (AvgIpc) is 3.28. The summed E-state index contributed by atoms with van der Waals surface area (Å²) in [6.45, 7) is 6.23. The Morgan fingerprint density at radius 1 is 0.943 bits per heavy atom. The molecule has 1 aromatic rings. The molecule has 0 bridgehead atoms. The van der Waals surface area contributed by atoms with Crippen molar-refractivity contribution in [3.63, 3.8) is 0 Å². The van der Waals surface area contributed by atoms with Crippen LogP contribution in [0.25, 0.3) is 0 Å². The molecule has 0 atom stereocenters. The minimum atomic E-state index is -1.41. The number of esters is 3. The van der Waals surface area contributed by atoms with Gasteiger partial charge in [0.25, 0.3) is 5.91 Å². The first-order valence-electron chi connectivity index (χ1n) is 11.1. The lowest BCUT2D eigenvalue weighted by molar-refractivity contribution is -0.154. The van der Waals surface area contributed by atoms with Crippen molar-refractivity contribution in [3.05, 3.63) is 46.3 Å². The number of carbonyl (C=O) groups excluding carboxylic acids is 4. The van der Waals surface area contributed by atoms with Gasteiger partial charge in [-0.15, -0.1) is 0 Å². The highest BCUT2D eigenvalue weighted by Gasteiger charge is 2.42. The molecule has 0 unspecified atom stereocenters. The summed E-state index contributed by atoms with van der Waals surface area (Å²) in [5, 5.41) is 5.56. The van der Waals surface area contributed by atoms with E-state index in [-0.39, 0.29) is 37.7 Å². The monoisotopic (exact) mass is 488 g/mol. The van der Waals surface area contributed by atoms with Gasteiger partial charge in [-0.05, 0) is 45.4 Å². The third kappa shape index (κ3) is 5.92. The van der Waals surface area contributed by atoms with Crippen molar-refractivity contribution in [3.8, 4) is 11.5 Å². The Bertz CT molecular complexity index is 1050. The van der Waals surface area contributed by atoms with E-state index in [2.05, 4.69) is 10.6 Å². The Balaban J connectivity index is 1.70. The summed E-state index contributed by atoms with van der Waals surface area (Å²) in [6.07, 6.45) is 0. The number of hydrogen-bond acceptors (Lipinski definition) is 10. The van der Waals surface area contributed by atoms with Crippen LogP contribution in [0.4, 0.5) is 0 Å². The number of nitrogens with one attached hydrogen (secondary N) is 2. The molecule has 35 heavy (non-hydrogen) atoms. The summed E-state index contributed by atoms with van der Waals surface area (Å²) in [6, 6.07) is 5.24. The number of carbonyl (C=O) groups is 4. The van der Waals surface area contributed by atoms with Crippen LogP contribution in [0.1, 0.15) is 33.3 Å². The molecule has 188 valence electrons. The van der Waals surface area contributed by atoms with Crippen molar-refractivity contribution in [2.45, 2.75) is 34.2 Å². The van der Waals surface area contributed by atoms with Crippen LogP contribution in [-0.4, -0.2) is 50.4 Å². The van der Waals surface area contributed by atoms with E-state index in [0.29, 0.717) is 22.9 Å². The molecule has 2 aliphatic heterocycles. The molecule has 2 aliphatic rings. The molecule has 0 aromatic heterocycles. The molecule has 11 nitrogen and oxygen atoms in total. The highest BCUT2D eigenvalue weighted by atomic mass is 16.7. The number of hydrogen-bond donors (Lipinski definition) is 2. The Morgan fingerprint density at radius 2 is 1.54 bits per heavy atom. The smallest absolute Gasteiger partial charge is 0.337 e. The molecule has 2 heterocycles. The van der Waals surface area contributed by atoms with Crippen LogP contribution in [0.15, 0.2) is 40.7 Å². The molecule has 0 spiro atoms. The maximum Gasteiger partial charge on any atom is 0.337 e. The predicted octanol–water partition coefficient (Wildman–Crippen LogP) is 1.47. The largest absolute Gasteiger partial charge is 0.463 e. The van der Waals surface area contributed by atoms with Gasteiger partial charge in [-0.2, -0.15) is 0 Å². The number of benzene rings is 1. The second-order valence-electron chi connectivity index (χ2n) is 7.65. The van der Waals surface area contributed by atoms with Crippen LogP contribution in [0.2, 0.25) is 0 Å². The van der Waals surface area contributed by atoms with Gasteiger partial charge in [0.2, 0.25) is 6.79 Å². The van der Waals surface area contributed by atoms with Crippen LogP contribution >= 0.6 is 0 Å². The molecule has 0 saturated carbocycles. The van der Waals surface area contributed by atoms with Gasteiger partial charge in [0.15, 0.2) is 18.1 Å². The highest BCUT2D eigenvalue weighted by Crippen LogP contribution is 2.33. The normalized spacial score (nSPS) is 14.9. The fourth-order valence-corrected chi connectivity index (χ4v) is 3.71. The number of allylic oxidation sites excluding steroid dienone is 2. The van der Waals surface area contributed by atoms with Crippen LogP contribution in [0, 0.1) is 5.92 Å². The summed E-state index contributed by atoms with van der Waals surface area (Å²) in [5.41, 5.74) is 1.28. The molecular weight excluding hydrogens is 460 g/mol. The van der Waals surface area contributed by atoms with E-state index in [0.717, 1.165) is 5.56 Å². The zero-order valence-electron chi connectivity index (χ0n) is 20.0. The molecule has 0 radical (unpaired) electrons. The summed E-state index contributed by atoms with van der Waals surface area (Å²) < 4.78 is 25.9. The first kappa shape index (κ1) is 25.6. The van der Waals surface area contributed by atoms with Crippen molar-refractivity contribution in [2.24, 2.45) is 5.92 Å². The summed E-state index contributed by atoms with van der Waals surface area (Å²) in [7, 11) is 0. The molecule has 0 fully saturated rings. The van der Waals surface area contributed by atoms with Crippen molar-refractivity contribution in [1.29, 1.82) is 0 Å². The van der Waals surface area contributed by atoms with E-state index in [1.807, 2.05) is 0 Å². The van der Waals surface area contributed by atoms with Crippen LogP contribution < -0.4 is 20.1 Å². The zero-order valence-corrected chi connectivity index (χ0v) is 20.0. The maximum absolute atomic E-state index is 13.1. The highest BCUT2D eigenvalue weighted by molar-refractivity contribution is 6.05. The SMILES string of the molecule is CCOC(=O)C1=C(C)NC(C)=C(C(=O)OCC)C1C(=O)OCC(=O)NCc1ccc2c(c1)OCO2. The number of ether oxygens (including phenoxy) is 5. The summed E-state index contributed by atoms with van der Waals surface area (Å²) in [5.74, 6) is -3.27. The maximum atomic E-state index is 13.1. The van der Waals surface area contributed by atoms with Gasteiger partial charge >= 0.3 is 17.9 Å². The summed E-state index contributed by atoms with van der Waals surface area (Å²) >= 11 is 0. The molecule has 1 aromatic carbocycles. The first-order valence-corrected chi connectivity index (χ1v) is 11.1. The van der Waals surface area contributed by atoms with E-state index in [4.69, 9.17) is 23.7 Å². The Morgan fingerprint density at radius 3 is 2.14 bits per heavy atom. The topological polar surface area (TPSA) is 138 Å². The second-order valence-corrected chi connectivity index (χ2v) is 7.65. The van der Waals surface area contributed by atoms with Crippen LogP contribution in [0.3, 0.4) is 0 Å². The van der Waals surface area contributed by atoms with Gasteiger partial charge in [0.1, 0.15) is 5.92 Å². The van der Waals surface area contributed by atoms with Crippen LogP contribution in [0.5, 0.6) is 11.5 Å². The Labute approximate surface area is 202 Å². The molecule has 2 N–H and O–H groups in total. The number of fused-ring (bicyclic) bond motifs is 1. The van der Waals surface area contributed by atoms with Crippen molar-refractivity contribution >= 4 is 23.8 Å². The van der Waals surface area contributed by atoms with Gasteiger partial charge in [-0.3, -0.25) is 9.59 Å². The van der Waals surface area contributed by atoms with Gasteiger partial charge in [0.05, 0.1) is 24.4 Å². The number of amides is 1. The van der Waals surface area contributed by atoms with Gasteiger partial charge in [0, 0.05) is 17.9 Å². The van der Waals surface area contributed by atoms with E-state index in [1.54, 1.807) is 45.9 Å².